The van der Waals surface area contributed by atoms with E-state index >= 15 is 0 Å². The van der Waals surface area contributed by atoms with Crippen molar-refractivity contribution in [3.63, 3.8) is 0 Å². The first-order valence-corrected chi connectivity index (χ1v) is 9.98. The number of amides is 2. The van der Waals surface area contributed by atoms with Gasteiger partial charge in [-0.2, -0.15) is 0 Å². The molecule has 0 fully saturated rings. The molecular weight excluding hydrogens is 456 g/mol. The number of hydrogen-bond acceptors (Lipinski definition) is 3. The van der Waals surface area contributed by atoms with Crippen LogP contribution in [0.2, 0.25) is 5.02 Å². The molecule has 3 aromatic rings. The first-order valence-electron chi connectivity index (χ1n) is 8.81. The molecule has 0 heterocycles. The summed E-state index contributed by atoms with van der Waals surface area (Å²) in [5.74, 6) is -1.03. The van der Waals surface area contributed by atoms with E-state index in [1.54, 1.807) is 18.2 Å². The van der Waals surface area contributed by atoms with Crippen LogP contribution in [0, 0.1) is 0 Å². The van der Waals surface area contributed by atoms with Crippen LogP contribution >= 0.6 is 27.5 Å². The highest BCUT2D eigenvalue weighted by atomic mass is 79.9. The molecule has 7 heteroatoms. The van der Waals surface area contributed by atoms with E-state index in [-0.39, 0.29) is 12.5 Å². The van der Waals surface area contributed by atoms with Gasteiger partial charge >= 0.3 is 0 Å². The van der Waals surface area contributed by atoms with Crippen LogP contribution < -0.4 is 15.6 Å². The van der Waals surface area contributed by atoms with E-state index in [1.165, 1.54) is 0 Å². The van der Waals surface area contributed by atoms with Crippen molar-refractivity contribution in [2.45, 2.75) is 5.92 Å². The molecule has 148 valence electrons. The highest BCUT2D eigenvalue weighted by molar-refractivity contribution is 9.10. The summed E-state index contributed by atoms with van der Waals surface area (Å²) in [4.78, 5) is 24.9. The Morgan fingerprint density at radius 1 is 0.897 bits per heavy atom. The molecule has 3 rings (SSSR count). The first-order chi connectivity index (χ1) is 14.0. The maximum atomic E-state index is 12.8. The van der Waals surface area contributed by atoms with Crippen molar-refractivity contribution in [2.24, 2.45) is 0 Å². The number of halogens is 2. The van der Waals surface area contributed by atoms with E-state index in [1.807, 2.05) is 60.7 Å². The summed E-state index contributed by atoms with van der Waals surface area (Å²) in [5.41, 5.74) is 6.51. The summed E-state index contributed by atoms with van der Waals surface area (Å²) in [6, 6.07) is 23.8. The molecule has 0 aromatic heterocycles. The lowest BCUT2D eigenvalue weighted by atomic mass is 9.91. The van der Waals surface area contributed by atoms with Crippen LogP contribution in [0.15, 0.2) is 83.3 Å². The summed E-state index contributed by atoms with van der Waals surface area (Å²) in [6.45, 7) is -0.289. The molecule has 0 atom stereocenters. The summed E-state index contributed by atoms with van der Waals surface area (Å²) in [5, 5.41) is 0.379. The van der Waals surface area contributed by atoms with Gasteiger partial charge in [-0.15, -0.1) is 0 Å². The van der Waals surface area contributed by atoms with Gasteiger partial charge in [0, 0.05) is 4.47 Å². The quantitative estimate of drug-likeness (QED) is 0.520. The SMILES string of the molecule is O=C(COc1ccc(Br)cc1Cl)NNC(=O)C(c1ccccc1)c1ccccc1. The molecule has 0 unspecified atom stereocenters. The molecule has 2 amide bonds. The lowest BCUT2D eigenvalue weighted by molar-refractivity contribution is -0.130. The Bertz CT molecular complexity index is 944. The van der Waals surface area contributed by atoms with Gasteiger partial charge in [0.2, 0.25) is 5.91 Å². The average molecular weight is 474 g/mol. The summed E-state index contributed by atoms with van der Waals surface area (Å²) in [7, 11) is 0. The van der Waals surface area contributed by atoms with Crippen molar-refractivity contribution in [3.05, 3.63) is 99.5 Å². The van der Waals surface area contributed by atoms with Gasteiger partial charge in [0.05, 0.1) is 10.9 Å². The van der Waals surface area contributed by atoms with Crippen LogP contribution in [0.1, 0.15) is 17.0 Å². The number of benzene rings is 3. The van der Waals surface area contributed by atoms with Crippen LogP contribution in [-0.2, 0) is 9.59 Å². The molecule has 2 N–H and O–H groups in total. The van der Waals surface area contributed by atoms with Crippen LogP contribution in [-0.4, -0.2) is 18.4 Å². The number of rotatable bonds is 6. The topological polar surface area (TPSA) is 67.4 Å². The van der Waals surface area contributed by atoms with Gasteiger partial charge < -0.3 is 4.74 Å². The molecule has 0 bridgehead atoms. The third-order valence-corrected chi connectivity index (χ3v) is 4.89. The second kappa shape index (κ2) is 10.1. The fraction of sp³-hybridized carbons (Fsp3) is 0.0909. The van der Waals surface area contributed by atoms with Crippen molar-refractivity contribution in [2.75, 3.05) is 6.61 Å². The lowest BCUT2D eigenvalue weighted by Crippen LogP contribution is -2.46. The van der Waals surface area contributed by atoms with Gasteiger partial charge in [-0.05, 0) is 29.3 Å². The van der Waals surface area contributed by atoms with Crippen LogP contribution in [0.3, 0.4) is 0 Å². The van der Waals surface area contributed by atoms with Crippen LogP contribution in [0.5, 0.6) is 5.75 Å². The number of ether oxygens (including phenoxy) is 1. The van der Waals surface area contributed by atoms with E-state index in [0.29, 0.717) is 10.8 Å². The summed E-state index contributed by atoms with van der Waals surface area (Å²) >= 11 is 9.36. The molecule has 0 saturated heterocycles. The van der Waals surface area contributed by atoms with Crippen LogP contribution in [0.25, 0.3) is 0 Å². The normalized spacial score (nSPS) is 10.4. The van der Waals surface area contributed by atoms with E-state index in [0.717, 1.165) is 15.6 Å². The minimum atomic E-state index is -0.556. The highest BCUT2D eigenvalue weighted by Crippen LogP contribution is 2.27. The van der Waals surface area contributed by atoms with E-state index in [9.17, 15) is 9.59 Å². The third-order valence-electron chi connectivity index (χ3n) is 4.11. The van der Waals surface area contributed by atoms with E-state index < -0.39 is 11.8 Å². The second-order valence-electron chi connectivity index (χ2n) is 6.16. The van der Waals surface area contributed by atoms with Crippen molar-refractivity contribution in [1.29, 1.82) is 0 Å². The van der Waals surface area contributed by atoms with Gasteiger partial charge in [0.25, 0.3) is 5.91 Å². The van der Waals surface area contributed by atoms with Gasteiger partial charge in [-0.25, -0.2) is 0 Å². The summed E-state index contributed by atoms with van der Waals surface area (Å²) < 4.78 is 6.20. The minimum Gasteiger partial charge on any atom is -0.482 e. The zero-order valence-corrected chi connectivity index (χ0v) is 17.6. The standard InChI is InChI=1S/C22H18BrClN2O3/c23-17-11-12-19(18(24)13-17)29-14-20(27)25-26-22(28)21(15-7-3-1-4-8-15)16-9-5-2-6-10-16/h1-13,21H,14H2,(H,25,27)(H,26,28). The predicted octanol–water partition coefficient (Wildman–Crippen LogP) is 4.46. The zero-order valence-electron chi connectivity index (χ0n) is 15.3. The maximum Gasteiger partial charge on any atom is 0.276 e. The average Bonchev–Trinajstić information content (AvgIpc) is 2.73. The predicted molar refractivity (Wildman–Crippen MR) is 116 cm³/mol. The van der Waals surface area contributed by atoms with Crippen molar-refractivity contribution in [3.8, 4) is 5.75 Å². The van der Waals surface area contributed by atoms with Crippen LogP contribution in [0.4, 0.5) is 0 Å². The Morgan fingerprint density at radius 2 is 1.48 bits per heavy atom. The number of hydrogen-bond donors (Lipinski definition) is 2. The molecule has 0 aliphatic rings. The molecule has 5 nitrogen and oxygen atoms in total. The fourth-order valence-corrected chi connectivity index (χ4v) is 3.49. The number of nitrogens with one attached hydrogen (secondary N) is 2. The molecular formula is C22H18BrClN2O3. The number of carbonyl (C=O) groups is 2. The van der Waals surface area contributed by atoms with E-state index in [4.69, 9.17) is 16.3 Å². The maximum absolute atomic E-state index is 12.8. The third kappa shape index (κ3) is 5.82. The largest absolute Gasteiger partial charge is 0.482 e. The van der Waals surface area contributed by atoms with Crippen molar-refractivity contribution < 1.29 is 14.3 Å². The lowest BCUT2D eigenvalue weighted by Gasteiger charge is -2.18. The van der Waals surface area contributed by atoms with Crippen molar-refractivity contribution in [1.82, 2.24) is 10.9 Å². The Kier molecular flexibility index (Phi) is 7.27. The second-order valence-corrected chi connectivity index (χ2v) is 7.48. The zero-order chi connectivity index (χ0) is 20.6. The Morgan fingerprint density at radius 3 is 2.03 bits per heavy atom. The Hall–Kier alpha value is -2.83. The van der Waals surface area contributed by atoms with Crippen molar-refractivity contribution >= 4 is 39.3 Å². The van der Waals surface area contributed by atoms with Gasteiger partial charge in [-0.1, -0.05) is 88.2 Å². The molecule has 0 radical (unpaired) electrons. The monoisotopic (exact) mass is 472 g/mol. The smallest absolute Gasteiger partial charge is 0.276 e. The molecule has 0 aliphatic carbocycles. The van der Waals surface area contributed by atoms with E-state index in [2.05, 4.69) is 26.8 Å². The molecule has 0 spiro atoms. The molecule has 0 saturated carbocycles. The number of hydrazine groups is 1. The fourth-order valence-electron chi connectivity index (χ4n) is 2.76. The Labute approximate surface area is 182 Å². The Balaban J connectivity index is 1.62. The molecule has 29 heavy (non-hydrogen) atoms. The molecule has 0 aliphatic heterocycles. The number of carbonyl (C=O) groups excluding carboxylic acids is 2. The first kappa shape index (κ1) is 20.9. The summed E-state index contributed by atoms with van der Waals surface area (Å²) in [6.07, 6.45) is 0. The van der Waals surface area contributed by atoms with Gasteiger partial charge in [0.15, 0.2) is 6.61 Å². The van der Waals surface area contributed by atoms with Gasteiger partial charge in [0.1, 0.15) is 5.75 Å². The molecule has 3 aromatic carbocycles. The highest BCUT2D eigenvalue weighted by Gasteiger charge is 2.23. The minimum absolute atomic E-state index is 0.289. The van der Waals surface area contributed by atoms with Gasteiger partial charge in [-0.3, -0.25) is 20.4 Å².